The minimum absolute atomic E-state index is 0.220. The summed E-state index contributed by atoms with van der Waals surface area (Å²) in [6.07, 6.45) is 5.96. The van der Waals surface area contributed by atoms with Crippen molar-refractivity contribution >= 4 is 22.4 Å². The van der Waals surface area contributed by atoms with Crippen LogP contribution in [0.25, 0.3) is 0 Å². The van der Waals surface area contributed by atoms with Gasteiger partial charge < -0.3 is 9.80 Å². The first-order valence-corrected chi connectivity index (χ1v) is 10.3. The Hall–Kier alpha value is -1.17. The van der Waals surface area contributed by atoms with Gasteiger partial charge in [-0.15, -0.1) is 10.2 Å². The number of carbonyl (C=O) groups excluding carboxylic acids is 1. The van der Waals surface area contributed by atoms with Gasteiger partial charge in [-0.25, -0.2) is 0 Å². The summed E-state index contributed by atoms with van der Waals surface area (Å²) in [5, 5.41) is 10.8. The summed E-state index contributed by atoms with van der Waals surface area (Å²) >= 11 is 1.70. The number of anilines is 1. The third-order valence-corrected chi connectivity index (χ3v) is 7.36. The van der Waals surface area contributed by atoms with Crippen LogP contribution >= 0.6 is 11.3 Å². The van der Waals surface area contributed by atoms with Crippen molar-refractivity contribution in [1.82, 2.24) is 15.1 Å². The number of nitrogens with zero attached hydrogens (tertiary/aromatic N) is 4. The summed E-state index contributed by atoms with van der Waals surface area (Å²) in [5.41, 5.74) is 0. The van der Waals surface area contributed by atoms with Crippen LogP contribution in [0.4, 0.5) is 5.13 Å². The Kier molecular flexibility index (Phi) is 4.50. The average Bonchev–Trinajstić information content (AvgIpc) is 3.29. The van der Waals surface area contributed by atoms with Crippen LogP contribution in [0.3, 0.4) is 0 Å². The van der Waals surface area contributed by atoms with Gasteiger partial charge in [0.1, 0.15) is 5.01 Å². The Morgan fingerprint density at radius 1 is 1.08 bits per heavy atom. The first-order chi connectivity index (χ1) is 11.6. The summed E-state index contributed by atoms with van der Waals surface area (Å²) in [5.74, 6) is 2.67. The first kappa shape index (κ1) is 16.3. The molecule has 0 aromatic carbocycles. The molecule has 2 saturated heterocycles. The molecule has 0 radical (unpaired) electrons. The van der Waals surface area contributed by atoms with Crippen LogP contribution in [0.15, 0.2) is 0 Å². The van der Waals surface area contributed by atoms with Gasteiger partial charge in [-0.2, -0.15) is 0 Å². The smallest absolute Gasteiger partial charge is 0.225 e. The van der Waals surface area contributed by atoms with Crippen LogP contribution in [0.2, 0.25) is 0 Å². The van der Waals surface area contributed by atoms with Crippen molar-refractivity contribution in [1.29, 1.82) is 0 Å². The van der Waals surface area contributed by atoms with E-state index in [-0.39, 0.29) is 5.92 Å². The highest BCUT2D eigenvalue weighted by atomic mass is 32.1. The van der Waals surface area contributed by atoms with Gasteiger partial charge in [0, 0.05) is 38.0 Å². The Morgan fingerprint density at radius 3 is 2.33 bits per heavy atom. The van der Waals surface area contributed by atoms with E-state index in [1.807, 2.05) is 0 Å². The Morgan fingerprint density at radius 2 is 1.75 bits per heavy atom. The number of hydrogen-bond acceptors (Lipinski definition) is 5. The van der Waals surface area contributed by atoms with E-state index in [1.54, 1.807) is 11.3 Å². The molecular weight excluding hydrogens is 320 g/mol. The molecule has 0 spiro atoms. The highest BCUT2D eigenvalue weighted by molar-refractivity contribution is 7.15. The predicted molar refractivity (Wildman–Crippen MR) is 96.3 cm³/mol. The van der Waals surface area contributed by atoms with Crippen molar-refractivity contribution < 1.29 is 4.79 Å². The van der Waals surface area contributed by atoms with Gasteiger partial charge in [0.2, 0.25) is 11.0 Å². The van der Waals surface area contributed by atoms with E-state index in [2.05, 4.69) is 33.8 Å². The summed E-state index contributed by atoms with van der Waals surface area (Å²) in [6, 6.07) is 0. The second kappa shape index (κ2) is 6.62. The van der Waals surface area contributed by atoms with Crippen molar-refractivity contribution in [2.24, 2.45) is 17.8 Å². The van der Waals surface area contributed by atoms with Gasteiger partial charge >= 0.3 is 0 Å². The van der Waals surface area contributed by atoms with Crippen LogP contribution in [0.5, 0.6) is 0 Å². The lowest BCUT2D eigenvalue weighted by molar-refractivity contribution is -0.135. The molecule has 3 fully saturated rings. The number of fused-ring (bicyclic) bond motifs is 1. The van der Waals surface area contributed by atoms with Crippen LogP contribution in [0, 0.1) is 17.8 Å². The molecule has 2 unspecified atom stereocenters. The van der Waals surface area contributed by atoms with E-state index >= 15 is 0 Å². The molecular formula is C18H28N4OS. The van der Waals surface area contributed by atoms with Gasteiger partial charge in [-0.3, -0.25) is 4.79 Å². The molecule has 0 N–H and O–H groups in total. The van der Waals surface area contributed by atoms with Crippen molar-refractivity contribution in [2.75, 3.05) is 31.1 Å². The predicted octanol–water partition coefficient (Wildman–Crippen LogP) is 3.14. The molecule has 1 aromatic heterocycles. The Bertz CT molecular complexity index is 582. The van der Waals surface area contributed by atoms with Crippen molar-refractivity contribution in [3.8, 4) is 0 Å². The normalized spacial score (nSPS) is 28.0. The fourth-order valence-electron chi connectivity index (χ4n) is 4.58. The number of piperidine rings is 1. The molecule has 1 saturated carbocycles. The molecule has 2 atom stereocenters. The third kappa shape index (κ3) is 3.05. The fraction of sp³-hybridized carbons (Fsp3) is 0.833. The molecule has 5 nitrogen and oxygen atoms in total. The number of likely N-dealkylation sites (tertiary alicyclic amines) is 1. The third-order valence-electron chi connectivity index (χ3n) is 6.08. The SMILES string of the molecule is CC(C)c1nnc(N2CCC(C(=O)N3CC4CCCC4C3)CC2)s1. The molecule has 2 aliphatic heterocycles. The minimum Gasteiger partial charge on any atom is -0.347 e. The first-order valence-electron chi connectivity index (χ1n) is 9.49. The molecule has 1 aromatic rings. The van der Waals surface area contributed by atoms with E-state index < -0.39 is 0 Å². The van der Waals surface area contributed by atoms with E-state index in [1.165, 1.54) is 19.3 Å². The van der Waals surface area contributed by atoms with Crippen LogP contribution < -0.4 is 4.90 Å². The number of aromatic nitrogens is 2. The molecule has 24 heavy (non-hydrogen) atoms. The number of rotatable bonds is 3. The van der Waals surface area contributed by atoms with E-state index in [0.717, 1.165) is 61.0 Å². The molecule has 1 amide bonds. The Labute approximate surface area is 148 Å². The number of carbonyl (C=O) groups is 1. The highest BCUT2D eigenvalue weighted by Crippen LogP contribution is 2.39. The van der Waals surface area contributed by atoms with Crippen molar-refractivity contribution in [2.45, 2.75) is 51.9 Å². The van der Waals surface area contributed by atoms with Crippen molar-refractivity contribution in [3.05, 3.63) is 5.01 Å². The number of amides is 1. The quantitative estimate of drug-likeness (QED) is 0.842. The summed E-state index contributed by atoms with van der Waals surface area (Å²) in [4.78, 5) is 17.3. The molecule has 3 heterocycles. The van der Waals surface area contributed by atoms with Crippen LogP contribution in [0.1, 0.15) is 56.9 Å². The topological polar surface area (TPSA) is 49.3 Å². The fourth-order valence-corrected chi connectivity index (χ4v) is 5.48. The minimum atomic E-state index is 0.220. The molecule has 6 heteroatoms. The molecule has 132 valence electrons. The second-order valence-electron chi connectivity index (χ2n) is 8.03. The molecule has 0 bridgehead atoms. The lowest BCUT2D eigenvalue weighted by Crippen LogP contribution is -2.42. The van der Waals surface area contributed by atoms with Crippen molar-refractivity contribution in [3.63, 3.8) is 0 Å². The summed E-state index contributed by atoms with van der Waals surface area (Å²) in [7, 11) is 0. The zero-order chi connectivity index (χ0) is 16.7. The van der Waals surface area contributed by atoms with E-state index in [4.69, 9.17) is 0 Å². The van der Waals surface area contributed by atoms with Crippen LogP contribution in [-0.4, -0.2) is 47.2 Å². The van der Waals surface area contributed by atoms with Crippen LogP contribution in [-0.2, 0) is 4.79 Å². The van der Waals surface area contributed by atoms with Gasteiger partial charge in [-0.05, 0) is 37.5 Å². The maximum absolute atomic E-state index is 12.9. The average molecular weight is 349 g/mol. The maximum atomic E-state index is 12.9. The summed E-state index contributed by atoms with van der Waals surface area (Å²) in [6.45, 7) is 8.23. The zero-order valence-electron chi connectivity index (χ0n) is 14.8. The lowest BCUT2D eigenvalue weighted by atomic mass is 9.95. The molecule has 4 rings (SSSR count). The van der Waals surface area contributed by atoms with E-state index in [0.29, 0.717) is 11.8 Å². The monoisotopic (exact) mass is 348 g/mol. The molecule has 1 aliphatic carbocycles. The van der Waals surface area contributed by atoms with Gasteiger partial charge in [0.15, 0.2) is 0 Å². The highest BCUT2D eigenvalue weighted by Gasteiger charge is 2.40. The van der Waals surface area contributed by atoms with Gasteiger partial charge in [0.25, 0.3) is 0 Å². The zero-order valence-corrected chi connectivity index (χ0v) is 15.6. The van der Waals surface area contributed by atoms with E-state index in [9.17, 15) is 4.79 Å². The number of hydrogen-bond donors (Lipinski definition) is 0. The molecule has 3 aliphatic rings. The second-order valence-corrected chi connectivity index (χ2v) is 9.02. The maximum Gasteiger partial charge on any atom is 0.225 e. The lowest BCUT2D eigenvalue weighted by Gasteiger charge is -2.33. The van der Waals surface area contributed by atoms with Gasteiger partial charge in [0.05, 0.1) is 0 Å². The standard InChI is InChI=1S/C18H28N4OS/c1-12(2)16-19-20-18(24-16)21-8-6-13(7-9-21)17(23)22-10-14-4-3-5-15(14)11-22/h12-15H,3-11H2,1-2H3. The largest absolute Gasteiger partial charge is 0.347 e. The van der Waals surface area contributed by atoms with Gasteiger partial charge in [-0.1, -0.05) is 31.6 Å². The Balaban J connectivity index is 1.31. The summed E-state index contributed by atoms with van der Waals surface area (Å²) < 4.78 is 0.